The van der Waals surface area contributed by atoms with E-state index in [1.165, 1.54) is 12.1 Å². The Labute approximate surface area is 229 Å². The molecule has 1 heterocycles. The average molecular weight is 582 g/mol. The normalized spacial score (nSPS) is 25.0. The molecule has 3 aliphatic rings. The Morgan fingerprint density at radius 1 is 1.03 bits per heavy atom. The van der Waals surface area contributed by atoms with Crippen molar-refractivity contribution in [3.63, 3.8) is 0 Å². The Morgan fingerprint density at radius 2 is 1.71 bits per heavy atom. The van der Waals surface area contributed by atoms with Crippen LogP contribution >= 0.6 is 11.6 Å². The number of benzene rings is 2. The van der Waals surface area contributed by atoms with Crippen molar-refractivity contribution >= 4 is 54.5 Å². The number of morpholine rings is 1. The Bertz CT molecular complexity index is 1450. The number of carbonyl (C=O) groups excluding carboxylic acids is 1. The third-order valence-electron chi connectivity index (χ3n) is 8.57. The van der Waals surface area contributed by atoms with Crippen LogP contribution in [0.25, 0.3) is 0 Å². The zero-order valence-electron chi connectivity index (χ0n) is 21.4. The minimum atomic E-state index is -4.04. The smallest absolute Gasteiger partial charge is 0.261 e. The van der Waals surface area contributed by atoms with Gasteiger partial charge >= 0.3 is 0 Å². The van der Waals surface area contributed by atoms with Crippen LogP contribution in [0.1, 0.15) is 33.1 Å². The number of fused-ring (bicyclic) bond motifs is 2. The topological polar surface area (TPSA) is 122 Å². The fourth-order valence-corrected chi connectivity index (χ4v) is 9.32. The van der Waals surface area contributed by atoms with Gasteiger partial charge in [0.05, 0.1) is 40.7 Å². The van der Waals surface area contributed by atoms with Crippen molar-refractivity contribution in [3.05, 3.63) is 47.5 Å². The van der Waals surface area contributed by atoms with Gasteiger partial charge in [-0.2, -0.15) is 0 Å². The Morgan fingerprint density at radius 3 is 2.32 bits per heavy atom. The molecule has 2 aromatic carbocycles. The van der Waals surface area contributed by atoms with E-state index >= 15 is 0 Å². The van der Waals surface area contributed by atoms with Crippen molar-refractivity contribution in [2.24, 2.45) is 16.7 Å². The van der Waals surface area contributed by atoms with Gasteiger partial charge in [-0.3, -0.25) is 14.2 Å². The maximum Gasteiger partial charge on any atom is 0.261 e. The summed E-state index contributed by atoms with van der Waals surface area (Å²) in [6.07, 6.45) is 1.78. The zero-order chi connectivity index (χ0) is 27.3. The van der Waals surface area contributed by atoms with Crippen molar-refractivity contribution in [1.82, 2.24) is 0 Å². The average Bonchev–Trinajstić information content (AvgIpc) is 3.19. The monoisotopic (exact) mass is 581 g/mol. The molecule has 5 rings (SSSR count). The molecule has 2 saturated carbocycles. The van der Waals surface area contributed by atoms with Crippen LogP contribution in [0.3, 0.4) is 0 Å². The van der Waals surface area contributed by atoms with E-state index in [0.29, 0.717) is 55.5 Å². The van der Waals surface area contributed by atoms with Crippen molar-refractivity contribution in [2.45, 2.75) is 38.0 Å². The molecule has 2 bridgehead atoms. The summed E-state index contributed by atoms with van der Waals surface area (Å²) in [6, 6.07) is 10.6. The second kappa shape index (κ2) is 9.69. The maximum atomic E-state index is 13.6. The molecule has 2 atom stereocenters. The lowest BCUT2D eigenvalue weighted by Crippen LogP contribution is -2.43. The van der Waals surface area contributed by atoms with Crippen LogP contribution < -0.4 is 14.3 Å². The molecule has 1 aliphatic heterocycles. The Hall–Kier alpha value is -2.34. The molecule has 12 heteroatoms. The number of hydrogen-bond acceptors (Lipinski definition) is 7. The van der Waals surface area contributed by atoms with Gasteiger partial charge in [-0.25, -0.2) is 16.8 Å². The predicted molar refractivity (Wildman–Crippen MR) is 148 cm³/mol. The van der Waals surface area contributed by atoms with Gasteiger partial charge < -0.3 is 9.64 Å². The van der Waals surface area contributed by atoms with Crippen molar-refractivity contribution in [3.8, 4) is 0 Å². The minimum Gasteiger partial charge on any atom is -0.378 e. The second-order valence-electron chi connectivity index (χ2n) is 10.9. The number of rotatable bonds is 8. The van der Waals surface area contributed by atoms with Gasteiger partial charge in [0.25, 0.3) is 10.0 Å². The largest absolute Gasteiger partial charge is 0.378 e. The highest BCUT2D eigenvalue weighted by Crippen LogP contribution is 2.64. The quantitative estimate of drug-likeness (QED) is 0.481. The van der Waals surface area contributed by atoms with E-state index in [1.54, 1.807) is 30.3 Å². The summed E-state index contributed by atoms with van der Waals surface area (Å²) in [7, 11) is -8.05. The number of nitrogens with zero attached hydrogens (tertiary/aromatic N) is 1. The van der Waals surface area contributed by atoms with Gasteiger partial charge in [0.1, 0.15) is 5.78 Å². The van der Waals surface area contributed by atoms with Crippen LogP contribution in [-0.4, -0.2) is 54.7 Å². The second-order valence-corrected chi connectivity index (χ2v) is 14.8. The molecule has 3 fully saturated rings. The van der Waals surface area contributed by atoms with Gasteiger partial charge in [-0.15, -0.1) is 0 Å². The van der Waals surface area contributed by atoms with Crippen molar-refractivity contribution < 1.29 is 26.4 Å². The summed E-state index contributed by atoms with van der Waals surface area (Å²) in [5, 5.41) is 0.469. The lowest BCUT2D eigenvalue weighted by Gasteiger charge is -2.36. The number of sulfonamides is 2. The first-order chi connectivity index (χ1) is 17.8. The first-order valence-electron chi connectivity index (χ1n) is 12.6. The fraction of sp³-hybridized carbons (Fsp3) is 0.500. The predicted octanol–water partition coefficient (Wildman–Crippen LogP) is 4.11. The van der Waals surface area contributed by atoms with Gasteiger partial charge in [0, 0.05) is 30.2 Å². The summed E-state index contributed by atoms with van der Waals surface area (Å²) in [4.78, 5) is 14.8. The van der Waals surface area contributed by atoms with Gasteiger partial charge in [-0.05, 0) is 66.6 Å². The zero-order valence-corrected chi connectivity index (χ0v) is 23.8. The van der Waals surface area contributed by atoms with Crippen LogP contribution in [0.2, 0.25) is 5.02 Å². The fourth-order valence-electron chi connectivity index (χ4n) is 6.21. The van der Waals surface area contributed by atoms with Crippen molar-refractivity contribution in [1.29, 1.82) is 0 Å². The number of anilines is 3. The molecule has 0 radical (unpaired) electrons. The number of nitrogens with one attached hydrogen (secondary N) is 2. The molecule has 206 valence electrons. The number of halogens is 1. The highest BCUT2D eigenvalue weighted by atomic mass is 35.5. The lowest BCUT2D eigenvalue weighted by molar-refractivity contribution is -0.128. The van der Waals surface area contributed by atoms with E-state index < -0.39 is 30.9 Å². The highest BCUT2D eigenvalue weighted by Gasteiger charge is 2.65. The summed E-state index contributed by atoms with van der Waals surface area (Å²) >= 11 is 5.91. The van der Waals surface area contributed by atoms with Crippen molar-refractivity contribution in [2.75, 3.05) is 46.4 Å². The lowest BCUT2D eigenvalue weighted by atomic mass is 9.70. The molecule has 2 aromatic rings. The molecule has 9 nitrogen and oxygen atoms in total. The number of ether oxygens (including phenoxy) is 1. The summed E-state index contributed by atoms with van der Waals surface area (Å²) < 4.78 is 64.2. The van der Waals surface area contributed by atoms with E-state index in [2.05, 4.69) is 9.44 Å². The third kappa shape index (κ3) is 4.89. The molecule has 0 amide bonds. The standard InChI is InChI=1S/C26H32ClN3O6S2/c1-25(2)18-9-10-26(25,24(31)15-18)17-37(32,33)29-22-16-21(7-8-23(22)30-11-13-36-14-12-30)38(34,35)28-20-5-3-19(27)4-6-20/h3-8,16,18,28-29H,9-15,17H2,1-2H3/t18-,26-/m0/s1. The minimum absolute atomic E-state index is 0.000945. The molecule has 38 heavy (non-hydrogen) atoms. The molecule has 2 aliphatic carbocycles. The Kier molecular flexibility index (Phi) is 6.95. The van der Waals surface area contributed by atoms with Gasteiger partial charge in [-0.1, -0.05) is 25.4 Å². The molecule has 0 unspecified atom stereocenters. The van der Waals surface area contributed by atoms with Crippen LogP contribution in [-0.2, 0) is 29.6 Å². The van der Waals surface area contributed by atoms with Crippen LogP contribution in [0.5, 0.6) is 0 Å². The van der Waals surface area contributed by atoms with Crippen LogP contribution in [0, 0.1) is 16.7 Å². The summed E-state index contributed by atoms with van der Waals surface area (Å²) in [5.41, 5.74) is -0.325. The molecule has 0 spiro atoms. The molecular weight excluding hydrogens is 550 g/mol. The first-order valence-corrected chi connectivity index (χ1v) is 16.1. The van der Waals surface area contributed by atoms with Crippen LogP contribution in [0.15, 0.2) is 47.4 Å². The highest BCUT2D eigenvalue weighted by molar-refractivity contribution is 7.93. The van der Waals surface area contributed by atoms with E-state index in [9.17, 15) is 21.6 Å². The molecule has 0 aromatic heterocycles. The first kappa shape index (κ1) is 27.2. The number of hydrogen-bond donors (Lipinski definition) is 2. The number of carbonyl (C=O) groups is 1. The maximum absolute atomic E-state index is 13.6. The number of Topliss-reactive ketones (excluding diaryl/α,β-unsaturated/α-hetero) is 1. The van der Waals surface area contributed by atoms with E-state index in [4.69, 9.17) is 16.3 Å². The summed E-state index contributed by atoms with van der Waals surface area (Å²) in [5.74, 6) is -0.146. The van der Waals surface area contributed by atoms with Gasteiger partial charge in [0.15, 0.2) is 0 Å². The van der Waals surface area contributed by atoms with Crippen LogP contribution in [0.4, 0.5) is 17.1 Å². The Balaban J connectivity index is 1.48. The van der Waals surface area contributed by atoms with E-state index in [1.807, 2.05) is 18.7 Å². The number of ketones is 1. The van der Waals surface area contributed by atoms with E-state index in [0.717, 1.165) is 6.42 Å². The SMILES string of the molecule is CC1(C)[C@H]2CC[C@]1(CS(=O)(=O)Nc1cc(S(=O)(=O)Nc3ccc(Cl)cc3)ccc1N1CCOCC1)C(=O)C2. The third-order valence-corrected chi connectivity index (χ3v) is 11.6. The molecule has 2 N–H and O–H groups in total. The van der Waals surface area contributed by atoms with E-state index in [-0.39, 0.29) is 28.0 Å². The molecule has 1 saturated heterocycles. The van der Waals surface area contributed by atoms with Gasteiger partial charge in [0.2, 0.25) is 10.0 Å². The summed E-state index contributed by atoms with van der Waals surface area (Å²) in [6.45, 7) is 5.97. The molecular formula is C26H32ClN3O6S2.